The molecule has 0 N–H and O–H groups in total. The lowest BCUT2D eigenvalue weighted by molar-refractivity contribution is 0.628. The minimum absolute atomic E-state index is 0.204. The average molecular weight is 353 g/mol. The lowest BCUT2D eigenvalue weighted by Gasteiger charge is -2.09. The van der Waals surface area contributed by atoms with E-state index in [1.165, 1.54) is 29.1 Å². The van der Waals surface area contributed by atoms with Crippen LogP contribution in [0.15, 0.2) is 79.0 Å². The summed E-state index contributed by atoms with van der Waals surface area (Å²) in [4.78, 5) is 4.75. The van der Waals surface area contributed by atoms with Crippen molar-refractivity contribution in [3.8, 4) is 11.1 Å². The molecule has 0 amide bonds. The zero-order valence-corrected chi connectivity index (χ0v) is 15.2. The highest BCUT2D eigenvalue weighted by Gasteiger charge is 2.40. The van der Waals surface area contributed by atoms with Gasteiger partial charge in [-0.3, -0.25) is 4.98 Å². The van der Waals surface area contributed by atoms with Gasteiger partial charge in [-0.15, -0.1) is 0 Å². The maximum Gasteiger partial charge on any atom is 0.123 e. The molecule has 3 aromatic carbocycles. The predicted octanol–water partition coefficient (Wildman–Crippen LogP) is 6.62. The molecule has 0 radical (unpaired) electrons. The molecular formula is C25H20FN. The summed E-state index contributed by atoms with van der Waals surface area (Å²) < 4.78 is 13.7. The van der Waals surface area contributed by atoms with Crippen molar-refractivity contribution in [2.75, 3.05) is 0 Å². The highest BCUT2D eigenvalue weighted by Crippen LogP contribution is 2.54. The fourth-order valence-electron chi connectivity index (χ4n) is 4.02. The van der Waals surface area contributed by atoms with E-state index in [4.69, 9.17) is 4.98 Å². The fraction of sp³-hybridized carbons (Fsp3) is 0.160. The molecular weight excluding hydrogens is 333 g/mol. The van der Waals surface area contributed by atoms with Gasteiger partial charge in [0.25, 0.3) is 0 Å². The van der Waals surface area contributed by atoms with Crippen molar-refractivity contribution in [1.82, 2.24) is 4.98 Å². The third-order valence-corrected chi connectivity index (χ3v) is 5.65. The summed E-state index contributed by atoms with van der Waals surface area (Å²) in [6.45, 7) is 2.01. The molecule has 0 saturated heterocycles. The first-order valence-electron chi connectivity index (χ1n) is 9.40. The van der Waals surface area contributed by atoms with Crippen molar-refractivity contribution in [2.24, 2.45) is 0 Å². The van der Waals surface area contributed by atoms with Crippen LogP contribution in [-0.2, 0) is 0 Å². The molecule has 1 aliphatic carbocycles. The van der Waals surface area contributed by atoms with Crippen LogP contribution in [0.3, 0.4) is 0 Å². The van der Waals surface area contributed by atoms with Gasteiger partial charge in [-0.1, -0.05) is 48.5 Å². The fourth-order valence-corrected chi connectivity index (χ4v) is 4.02. The molecule has 4 aromatic rings. The number of hydrogen-bond donors (Lipinski definition) is 0. The number of rotatable bonds is 3. The maximum atomic E-state index is 13.7. The highest BCUT2D eigenvalue weighted by atomic mass is 19.1. The number of halogens is 1. The van der Waals surface area contributed by atoms with E-state index in [1.807, 2.05) is 19.2 Å². The minimum atomic E-state index is -0.204. The van der Waals surface area contributed by atoms with Gasteiger partial charge in [-0.25, -0.2) is 4.39 Å². The van der Waals surface area contributed by atoms with E-state index in [-0.39, 0.29) is 5.82 Å². The van der Waals surface area contributed by atoms with Crippen LogP contribution in [0.2, 0.25) is 0 Å². The monoisotopic (exact) mass is 353 g/mol. The largest absolute Gasteiger partial charge is 0.260 e. The van der Waals surface area contributed by atoms with E-state index >= 15 is 0 Å². The van der Waals surface area contributed by atoms with Crippen molar-refractivity contribution in [2.45, 2.75) is 25.2 Å². The first-order valence-corrected chi connectivity index (χ1v) is 9.40. The topological polar surface area (TPSA) is 12.9 Å². The first-order chi connectivity index (χ1) is 13.2. The van der Waals surface area contributed by atoms with E-state index in [1.54, 1.807) is 6.07 Å². The summed E-state index contributed by atoms with van der Waals surface area (Å²) in [6.07, 6.45) is 3.13. The molecule has 0 bridgehead atoms. The lowest BCUT2D eigenvalue weighted by atomic mass is 9.98. The molecule has 5 rings (SSSR count). The van der Waals surface area contributed by atoms with Crippen molar-refractivity contribution in [3.63, 3.8) is 0 Å². The van der Waals surface area contributed by atoms with Crippen LogP contribution >= 0.6 is 0 Å². The SMILES string of the molecule is Cc1ccc(F)cc1-c1ccc2cc(C3CC3c3ccccc3)ncc2c1. The molecule has 2 heteroatoms. The second-order valence-electron chi connectivity index (χ2n) is 7.49. The van der Waals surface area contributed by atoms with Crippen LogP contribution in [-0.4, -0.2) is 4.98 Å². The normalized spacial score (nSPS) is 18.6. The number of nitrogens with zero attached hydrogens (tertiary/aromatic N) is 1. The molecule has 1 heterocycles. The molecule has 0 aliphatic heterocycles. The first kappa shape index (κ1) is 16.2. The van der Waals surface area contributed by atoms with Gasteiger partial charge in [0.1, 0.15) is 5.82 Å². The molecule has 2 unspecified atom stereocenters. The van der Waals surface area contributed by atoms with Gasteiger partial charge >= 0.3 is 0 Å². The summed E-state index contributed by atoms with van der Waals surface area (Å²) in [5.74, 6) is 0.900. The molecule has 132 valence electrons. The summed E-state index contributed by atoms with van der Waals surface area (Å²) >= 11 is 0. The molecule has 2 atom stereocenters. The van der Waals surface area contributed by atoms with Gasteiger partial charge < -0.3 is 0 Å². The van der Waals surface area contributed by atoms with Crippen molar-refractivity contribution < 1.29 is 4.39 Å². The number of fused-ring (bicyclic) bond motifs is 1. The second kappa shape index (κ2) is 6.31. The molecule has 1 saturated carbocycles. The summed E-state index contributed by atoms with van der Waals surface area (Å²) in [6, 6.07) is 24.2. The van der Waals surface area contributed by atoms with Crippen LogP contribution in [0.5, 0.6) is 0 Å². The van der Waals surface area contributed by atoms with Crippen molar-refractivity contribution in [3.05, 3.63) is 102 Å². The Kier molecular flexibility index (Phi) is 3.78. The molecule has 1 fully saturated rings. The second-order valence-corrected chi connectivity index (χ2v) is 7.49. The van der Waals surface area contributed by atoms with E-state index in [2.05, 4.69) is 54.6 Å². The van der Waals surface area contributed by atoms with E-state index in [9.17, 15) is 4.39 Å². The van der Waals surface area contributed by atoms with Crippen LogP contribution in [0.25, 0.3) is 21.9 Å². The van der Waals surface area contributed by atoms with Crippen LogP contribution < -0.4 is 0 Å². The van der Waals surface area contributed by atoms with E-state index in [0.29, 0.717) is 11.8 Å². The number of hydrogen-bond acceptors (Lipinski definition) is 1. The Morgan fingerprint density at radius 2 is 1.70 bits per heavy atom. The van der Waals surface area contributed by atoms with Crippen LogP contribution in [0, 0.1) is 12.7 Å². The lowest BCUT2D eigenvalue weighted by Crippen LogP contribution is -1.90. The Labute approximate surface area is 158 Å². The summed E-state index contributed by atoms with van der Waals surface area (Å²) in [5.41, 5.74) is 5.62. The number of aromatic nitrogens is 1. The Morgan fingerprint density at radius 3 is 2.56 bits per heavy atom. The zero-order valence-electron chi connectivity index (χ0n) is 15.2. The van der Waals surface area contributed by atoms with Gasteiger partial charge in [0.2, 0.25) is 0 Å². The van der Waals surface area contributed by atoms with Gasteiger partial charge in [0.05, 0.1) is 0 Å². The van der Waals surface area contributed by atoms with E-state index < -0.39 is 0 Å². The van der Waals surface area contributed by atoms with Gasteiger partial charge in [0, 0.05) is 23.2 Å². The quantitative estimate of drug-likeness (QED) is 0.403. The minimum Gasteiger partial charge on any atom is -0.260 e. The summed E-state index contributed by atoms with van der Waals surface area (Å²) in [7, 11) is 0. The van der Waals surface area contributed by atoms with Crippen LogP contribution in [0.1, 0.15) is 35.1 Å². The van der Waals surface area contributed by atoms with Crippen LogP contribution in [0.4, 0.5) is 4.39 Å². The Bertz CT molecular complexity index is 1130. The predicted molar refractivity (Wildman–Crippen MR) is 108 cm³/mol. The molecule has 0 spiro atoms. The molecule has 1 aromatic heterocycles. The number of benzene rings is 3. The zero-order chi connectivity index (χ0) is 18.4. The van der Waals surface area contributed by atoms with Gasteiger partial charge in [-0.2, -0.15) is 0 Å². The maximum absolute atomic E-state index is 13.7. The number of aryl methyl sites for hydroxylation is 1. The van der Waals surface area contributed by atoms with Gasteiger partial charge in [-0.05, 0) is 71.2 Å². The standard InChI is InChI=1S/C25H20FN/c1-16-7-10-21(26)13-22(16)19-9-8-18-12-25(27-15-20(18)11-19)24-14-23(24)17-5-3-2-4-6-17/h2-13,15,23-24H,14H2,1H3. The molecule has 1 aliphatic rings. The Hall–Kier alpha value is -3.00. The smallest absolute Gasteiger partial charge is 0.123 e. The average Bonchev–Trinajstić information content (AvgIpc) is 3.51. The number of pyridine rings is 1. The van der Waals surface area contributed by atoms with E-state index in [0.717, 1.165) is 22.1 Å². The van der Waals surface area contributed by atoms with Crippen molar-refractivity contribution in [1.29, 1.82) is 0 Å². The Morgan fingerprint density at radius 1 is 0.852 bits per heavy atom. The third-order valence-electron chi connectivity index (χ3n) is 5.65. The van der Waals surface area contributed by atoms with Gasteiger partial charge in [0.15, 0.2) is 0 Å². The molecule has 1 nitrogen and oxygen atoms in total. The third kappa shape index (κ3) is 3.02. The molecule has 27 heavy (non-hydrogen) atoms. The highest BCUT2D eigenvalue weighted by molar-refractivity contribution is 5.87. The summed E-state index contributed by atoms with van der Waals surface area (Å²) in [5, 5.41) is 2.29. The van der Waals surface area contributed by atoms with Crippen molar-refractivity contribution >= 4 is 10.8 Å². The Balaban J connectivity index is 1.47.